The monoisotopic (exact) mass is 240 g/mol. The molecule has 17 heavy (non-hydrogen) atoms. The minimum Gasteiger partial charge on any atom is -0.314 e. The van der Waals surface area contributed by atoms with Gasteiger partial charge in [0.05, 0.1) is 0 Å². The molecule has 0 amide bonds. The van der Waals surface area contributed by atoms with Crippen LogP contribution in [-0.2, 0) is 0 Å². The summed E-state index contributed by atoms with van der Waals surface area (Å²) in [5.41, 5.74) is 0. The number of unbranched alkanes of at least 4 members (excludes halogenated alkanes) is 6. The molecule has 2 heteroatoms. The molecule has 0 aliphatic carbocycles. The Labute approximate surface area is 108 Å². The molecule has 0 radical (unpaired) electrons. The Balaban J connectivity index is 1.94. The first kappa shape index (κ1) is 15.0. The molecule has 1 N–H and O–H groups in total. The molecule has 2 nitrogen and oxygen atoms in total. The summed E-state index contributed by atoms with van der Waals surface area (Å²) in [6.45, 7) is 9.64. The van der Waals surface area contributed by atoms with E-state index in [9.17, 15) is 0 Å². The SMILES string of the molecule is CCCCCCCCCN(CCC)C1CNC1. The molecule has 0 bridgehead atoms. The Bertz CT molecular complexity index is 166. The second kappa shape index (κ2) is 9.90. The summed E-state index contributed by atoms with van der Waals surface area (Å²) < 4.78 is 0. The van der Waals surface area contributed by atoms with E-state index >= 15 is 0 Å². The Morgan fingerprint density at radius 2 is 1.47 bits per heavy atom. The molecule has 1 heterocycles. The van der Waals surface area contributed by atoms with Gasteiger partial charge in [0.1, 0.15) is 0 Å². The van der Waals surface area contributed by atoms with Crippen molar-refractivity contribution in [1.82, 2.24) is 10.2 Å². The van der Waals surface area contributed by atoms with Crippen LogP contribution in [0.15, 0.2) is 0 Å². The number of nitrogens with one attached hydrogen (secondary N) is 1. The number of rotatable bonds is 11. The molecule has 0 aromatic heterocycles. The second-order valence-corrected chi connectivity index (χ2v) is 5.47. The van der Waals surface area contributed by atoms with Gasteiger partial charge in [-0.25, -0.2) is 0 Å². The van der Waals surface area contributed by atoms with Crippen molar-refractivity contribution in [1.29, 1.82) is 0 Å². The van der Waals surface area contributed by atoms with E-state index < -0.39 is 0 Å². The van der Waals surface area contributed by atoms with E-state index in [2.05, 4.69) is 24.1 Å². The van der Waals surface area contributed by atoms with Crippen molar-refractivity contribution in [2.24, 2.45) is 0 Å². The molecule has 0 aromatic rings. The van der Waals surface area contributed by atoms with Gasteiger partial charge in [-0.15, -0.1) is 0 Å². The van der Waals surface area contributed by atoms with Crippen LogP contribution in [-0.4, -0.2) is 37.1 Å². The van der Waals surface area contributed by atoms with Crippen molar-refractivity contribution in [3.8, 4) is 0 Å². The van der Waals surface area contributed by atoms with E-state index in [1.807, 2.05) is 0 Å². The van der Waals surface area contributed by atoms with Crippen molar-refractivity contribution in [3.05, 3.63) is 0 Å². The predicted molar refractivity (Wildman–Crippen MR) is 76.5 cm³/mol. The zero-order valence-electron chi connectivity index (χ0n) is 12.0. The first-order valence-electron chi connectivity index (χ1n) is 7.83. The molecule has 0 unspecified atom stereocenters. The minimum absolute atomic E-state index is 0.843. The van der Waals surface area contributed by atoms with Crippen LogP contribution in [0.3, 0.4) is 0 Å². The average molecular weight is 240 g/mol. The highest BCUT2D eigenvalue weighted by molar-refractivity contribution is 4.84. The first-order chi connectivity index (χ1) is 8.38. The Kier molecular flexibility index (Phi) is 8.72. The average Bonchev–Trinajstić information content (AvgIpc) is 2.25. The summed E-state index contributed by atoms with van der Waals surface area (Å²) in [5.74, 6) is 0. The lowest BCUT2D eigenvalue weighted by atomic mass is 10.1. The Hall–Kier alpha value is -0.0800. The highest BCUT2D eigenvalue weighted by Crippen LogP contribution is 2.11. The van der Waals surface area contributed by atoms with Crippen LogP contribution >= 0.6 is 0 Å². The lowest BCUT2D eigenvalue weighted by molar-refractivity contribution is 0.142. The van der Waals surface area contributed by atoms with Gasteiger partial charge in [0, 0.05) is 19.1 Å². The molecule has 102 valence electrons. The van der Waals surface area contributed by atoms with Crippen molar-refractivity contribution in [2.45, 2.75) is 71.3 Å². The Morgan fingerprint density at radius 3 is 2.00 bits per heavy atom. The molecule has 1 fully saturated rings. The molecule has 0 atom stereocenters. The summed E-state index contributed by atoms with van der Waals surface area (Å²) in [4.78, 5) is 2.70. The summed E-state index contributed by atoms with van der Waals surface area (Å²) in [5, 5.41) is 3.38. The predicted octanol–water partition coefficient (Wildman–Crippen LogP) is 3.42. The zero-order valence-corrected chi connectivity index (χ0v) is 12.0. The van der Waals surface area contributed by atoms with Gasteiger partial charge < -0.3 is 5.32 Å². The highest BCUT2D eigenvalue weighted by Gasteiger charge is 2.22. The molecule has 1 aliphatic heterocycles. The maximum absolute atomic E-state index is 3.38. The minimum atomic E-state index is 0.843. The topological polar surface area (TPSA) is 15.3 Å². The van der Waals surface area contributed by atoms with Crippen molar-refractivity contribution >= 4 is 0 Å². The first-order valence-corrected chi connectivity index (χ1v) is 7.83. The van der Waals surface area contributed by atoms with Gasteiger partial charge in [0.15, 0.2) is 0 Å². The van der Waals surface area contributed by atoms with E-state index in [1.165, 1.54) is 77.5 Å². The van der Waals surface area contributed by atoms with E-state index in [0.717, 1.165) is 6.04 Å². The fraction of sp³-hybridized carbons (Fsp3) is 1.00. The van der Waals surface area contributed by atoms with Gasteiger partial charge >= 0.3 is 0 Å². The summed E-state index contributed by atoms with van der Waals surface area (Å²) >= 11 is 0. The maximum Gasteiger partial charge on any atom is 0.0345 e. The molecule has 0 saturated carbocycles. The maximum atomic E-state index is 3.38. The van der Waals surface area contributed by atoms with Crippen LogP contribution in [0.1, 0.15) is 65.2 Å². The molecular weight excluding hydrogens is 208 g/mol. The van der Waals surface area contributed by atoms with Crippen LogP contribution in [0.5, 0.6) is 0 Å². The molecular formula is C15H32N2. The number of hydrogen-bond donors (Lipinski definition) is 1. The lowest BCUT2D eigenvalue weighted by Crippen LogP contribution is -2.57. The quantitative estimate of drug-likeness (QED) is 0.557. The van der Waals surface area contributed by atoms with Gasteiger partial charge in [-0.2, -0.15) is 0 Å². The van der Waals surface area contributed by atoms with Crippen molar-refractivity contribution in [3.63, 3.8) is 0 Å². The highest BCUT2D eigenvalue weighted by atomic mass is 15.2. The van der Waals surface area contributed by atoms with Gasteiger partial charge in [0.25, 0.3) is 0 Å². The Morgan fingerprint density at radius 1 is 0.824 bits per heavy atom. The van der Waals surface area contributed by atoms with E-state index in [1.54, 1.807) is 0 Å². The number of hydrogen-bond acceptors (Lipinski definition) is 2. The standard InChI is InChI=1S/C15H32N2/c1-3-5-6-7-8-9-10-12-17(11-4-2)15-13-16-14-15/h15-16H,3-14H2,1-2H3. The van der Waals surface area contributed by atoms with Crippen LogP contribution in [0.4, 0.5) is 0 Å². The van der Waals surface area contributed by atoms with E-state index in [4.69, 9.17) is 0 Å². The van der Waals surface area contributed by atoms with Gasteiger partial charge in [-0.1, -0.05) is 52.4 Å². The lowest BCUT2D eigenvalue weighted by Gasteiger charge is -2.38. The third kappa shape index (κ3) is 6.42. The van der Waals surface area contributed by atoms with Gasteiger partial charge in [0.2, 0.25) is 0 Å². The van der Waals surface area contributed by atoms with Crippen molar-refractivity contribution < 1.29 is 0 Å². The van der Waals surface area contributed by atoms with Gasteiger partial charge in [-0.05, 0) is 25.9 Å². The van der Waals surface area contributed by atoms with Crippen molar-refractivity contribution in [2.75, 3.05) is 26.2 Å². The smallest absolute Gasteiger partial charge is 0.0345 e. The molecule has 1 aliphatic rings. The summed E-state index contributed by atoms with van der Waals surface area (Å²) in [6, 6.07) is 0.843. The van der Waals surface area contributed by atoms with E-state index in [0.29, 0.717) is 0 Å². The largest absolute Gasteiger partial charge is 0.314 e. The van der Waals surface area contributed by atoms with Crippen LogP contribution in [0, 0.1) is 0 Å². The third-order valence-electron chi connectivity index (χ3n) is 3.84. The third-order valence-corrected chi connectivity index (χ3v) is 3.84. The molecule has 1 rings (SSSR count). The van der Waals surface area contributed by atoms with Crippen LogP contribution in [0.2, 0.25) is 0 Å². The zero-order chi connectivity index (χ0) is 12.3. The summed E-state index contributed by atoms with van der Waals surface area (Å²) in [6.07, 6.45) is 11.3. The fourth-order valence-electron chi connectivity index (χ4n) is 2.57. The molecule has 1 saturated heterocycles. The molecule has 0 spiro atoms. The summed E-state index contributed by atoms with van der Waals surface area (Å²) in [7, 11) is 0. The number of nitrogens with zero attached hydrogens (tertiary/aromatic N) is 1. The molecule has 0 aromatic carbocycles. The van der Waals surface area contributed by atoms with Gasteiger partial charge in [-0.3, -0.25) is 4.90 Å². The van der Waals surface area contributed by atoms with E-state index in [-0.39, 0.29) is 0 Å². The normalized spacial score (nSPS) is 16.4. The fourth-order valence-corrected chi connectivity index (χ4v) is 2.57. The second-order valence-electron chi connectivity index (χ2n) is 5.47. The van der Waals surface area contributed by atoms with Crippen LogP contribution in [0.25, 0.3) is 0 Å². The van der Waals surface area contributed by atoms with Crippen LogP contribution < -0.4 is 5.32 Å².